The van der Waals surface area contributed by atoms with Gasteiger partial charge in [-0.05, 0) is 43.0 Å². The Morgan fingerprint density at radius 2 is 1.77 bits per heavy atom. The van der Waals surface area contributed by atoms with Crippen molar-refractivity contribution in [1.29, 1.82) is 0 Å². The Kier molecular flexibility index (Phi) is 5.63. The Hall–Kier alpha value is -3.05. The number of furan rings is 1. The van der Waals surface area contributed by atoms with E-state index in [1.54, 1.807) is 13.1 Å². The summed E-state index contributed by atoms with van der Waals surface area (Å²) in [6.45, 7) is 6.29. The second-order valence-corrected chi connectivity index (χ2v) is 9.13. The maximum absolute atomic E-state index is 13.3. The lowest BCUT2D eigenvalue weighted by atomic mass is 9.75. The lowest BCUT2D eigenvalue weighted by molar-refractivity contribution is 0.0962. The molecule has 0 saturated heterocycles. The number of carbonyl (C=O) groups excluding carboxylic acids is 1. The van der Waals surface area contributed by atoms with Crippen molar-refractivity contribution in [2.24, 2.45) is 10.5 Å². The molecular formula is C25H26ClN3O2. The number of para-hydroxylation sites is 2. The molecule has 31 heavy (non-hydrogen) atoms. The minimum atomic E-state index is -0.229. The van der Waals surface area contributed by atoms with E-state index >= 15 is 0 Å². The molecule has 1 N–H and O–H groups in total. The highest BCUT2D eigenvalue weighted by atomic mass is 35.5. The Balaban J connectivity index is 1.71. The Labute approximate surface area is 187 Å². The van der Waals surface area contributed by atoms with Crippen molar-refractivity contribution in [3.8, 4) is 0 Å². The molecule has 2 aromatic carbocycles. The van der Waals surface area contributed by atoms with Crippen molar-refractivity contribution < 1.29 is 9.21 Å². The van der Waals surface area contributed by atoms with E-state index in [4.69, 9.17) is 21.1 Å². The number of hydrogen-bond donors (Lipinski definition) is 1. The van der Waals surface area contributed by atoms with Crippen LogP contribution in [0.5, 0.6) is 0 Å². The van der Waals surface area contributed by atoms with Crippen LogP contribution in [-0.4, -0.2) is 18.7 Å². The van der Waals surface area contributed by atoms with Crippen LogP contribution in [0.4, 0.5) is 11.4 Å². The van der Waals surface area contributed by atoms with E-state index in [1.807, 2.05) is 55.5 Å². The zero-order valence-corrected chi connectivity index (χ0v) is 19.0. The zero-order chi connectivity index (χ0) is 22.2. The molecule has 1 heterocycles. The van der Waals surface area contributed by atoms with Gasteiger partial charge in [-0.2, -0.15) is 5.10 Å². The molecule has 6 heteroatoms. The third-order valence-corrected chi connectivity index (χ3v) is 5.92. The molecule has 1 amide bonds. The van der Waals surface area contributed by atoms with E-state index in [-0.39, 0.29) is 11.3 Å². The van der Waals surface area contributed by atoms with E-state index in [0.29, 0.717) is 16.5 Å². The number of hydrogen-bond acceptors (Lipinski definition) is 4. The Morgan fingerprint density at radius 1 is 1.10 bits per heavy atom. The van der Waals surface area contributed by atoms with Crippen LogP contribution in [-0.2, 0) is 6.42 Å². The molecular weight excluding hydrogens is 410 g/mol. The van der Waals surface area contributed by atoms with Gasteiger partial charge in [0.2, 0.25) is 0 Å². The molecule has 0 aliphatic heterocycles. The third-order valence-electron chi connectivity index (χ3n) is 5.60. The maximum Gasteiger partial charge on any atom is 0.294 e. The second-order valence-electron chi connectivity index (χ2n) is 8.72. The first-order valence-corrected chi connectivity index (χ1v) is 10.7. The molecule has 1 aliphatic rings. The normalized spacial score (nSPS) is 16.1. The van der Waals surface area contributed by atoms with Crippen LogP contribution in [0.15, 0.2) is 64.1 Å². The van der Waals surface area contributed by atoms with Gasteiger partial charge in [-0.3, -0.25) is 10.2 Å². The van der Waals surface area contributed by atoms with Crippen LogP contribution in [0, 0.1) is 12.3 Å². The Morgan fingerprint density at radius 3 is 2.48 bits per heavy atom. The summed E-state index contributed by atoms with van der Waals surface area (Å²) >= 11 is 6.30. The lowest BCUT2D eigenvalue weighted by Crippen LogP contribution is -2.28. The molecule has 0 unspecified atom stereocenters. The maximum atomic E-state index is 13.3. The predicted molar refractivity (Wildman–Crippen MR) is 126 cm³/mol. The lowest BCUT2D eigenvalue weighted by Gasteiger charge is -2.29. The number of nitrogens with zero attached hydrogens (tertiary/aromatic N) is 2. The molecule has 0 atom stereocenters. The molecule has 1 aliphatic carbocycles. The van der Waals surface area contributed by atoms with Crippen LogP contribution in [0.3, 0.4) is 0 Å². The highest BCUT2D eigenvalue weighted by Gasteiger charge is 2.36. The molecule has 3 aromatic rings. The first-order chi connectivity index (χ1) is 14.8. The number of rotatable bonds is 4. The standard InChI is InChI=1S/C25H26ClN3O2/c1-16-22-19(28-27-17-10-6-5-7-11-17)14-25(2,3)15-21(22)31-23(16)24(30)29(4)20-13-9-8-12-18(20)26/h5-13,27H,14-15H2,1-4H3/b28-19-. The number of fused-ring (bicyclic) bond motifs is 1. The number of hydrazone groups is 1. The summed E-state index contributed by atoms with van der Waals surface area (Å²) in [5, 5.41) is 5.22. The van der Waals surface area contributed by atoms with E-state index in [0.717, 1.165) is 41.1 Å². The van der Waals surface area contributed by atoms with E-state index in [2.05, 4.69) is 19.3 Å². The fourth-order valence-electron chi connectivity index (χ4n) is 4.04. The van der Waals surface area contributed by atoms with Crippen LogP contribution in [0.25, 0.3) is 0 Å². The quantitative estimate of drug-likeness (QED) is 0.488. The highest BCUT2D eigenvalue weighted by molar-refractivity contribution is 6.34. The van der Waals surface area contributed by atoms with Crippen LogP contribution >= 0.6 is 11.6 Å². The van der Waals surface area contributed by atoms with Crippen molar-refractivity contribution in [2.45, 2.75) is 33.6 Å². The van der Waals surface area contributed by atoms with Gasteiger partial charge in [0.15, 0.2) is 5.76 Å². The first kappa shape index (κ1) is 21.2. The monoisotopic (exact) mass is 435 g/mol. The number of nitrogens with one attached hydrogen (secondary N) is 1. The van der Waals surface area contributed by atoms with Crippen molar-refractivity contribution >= 4 is 34.6 Å². The third kappa shape index (κ3) is 4.23. The number of anilines is 2. The summed E-state index contributed by atoms with van der Waals surface area (Å²) in [5.74, 6) is 0.906. The Bertz CT molecular complexity index is 1150. The summed E-state index contributed by atoms with van der Waals surface area (Å²) in [6.07, 6.45) is 1.53. The second kappa shape index (κ2) is 8.23. The molecule has 0 radical (unpaired) electrons. The first-order valence-electron chi connectivity index (χ1n) is 10.3. The summed E-state index contributed by atoms with van der Waals surface area (Å²) in [7, 11) is 1.71. The van der Waals surface area contributed by atoms with Gasteiger partial charge >= 0.3 is 0 Å². The minimum absolute atomic E-state index is 0.0244. The summed E-state index contributed by atoms with van der Waals surface area (Å²) < 4.78 is 6.16. The van der Waals surface area contributed by atoms with Gasteiger partial charge in [-0.1, -0.05) is 55.8 Å². The summed E-state index contributed by atoms with van der Waals surface area (Å²) in [6, 6.07) is 17.1. The molecule has 1 aromatic heterocycles. The van der Waals surface area contributed by atoms with Gasteiger partial charge in [-0.25, -0.2) is 0 Å². The van der Waals surface area contributed by atoms with E-state index < -0.39 is 0 Å². The van der Waals surface area contributed by atoms with Crippen molar-refractivity contribution in [1.82, 2.24) is 0 Å². The molecule has 4 rings (SSSR count). The summed E-state index contributed by atoms with van der Waals surface area (Å²) in [4.78, 5) is 14.8. The fraction of sp³-hybridized carbons (Fsp3) is 0.280. The number of carbonyl (C=O) groups is 1. The van der Waals surface area contributed by atoms with Crippen molar-refractivity contribution in [2.75, 3.05) is 17.4 Å². The topological polar surface area (TPSA) is 57.8 Å². The molecule has 0 spiro atoms. The number of amides is 1. The van der Waals surface area contributed by atoms with Crippen LogP contribution in [0.2, 0.25) is 5.02 Å². The minimum Gasteiger partial charge on any atom is -0.455 e. The summed E-state index contributed by atoms with van der Waals surface area (Å²) in [5.41, 5.74) is 7.31. The van der Waals surface area contributed by atoms with Crippen LogP contribution < -0.4 is 10.3 Å². The van der Waals surface area contributed by atoms with Crippen molar-refractivity contribution in [3.05, 3.63) is 82.3 Å². The molecule has 0 fully saturated rings. The molecule has 160 valence electrons. The molecule has 0 saturated carbocycles. The average Bonchev–Trinajstić information content (AvgIpc) is 3.07. The van der Waals surface area contributed by atoms with Crippen molar-refractivity contribution in [3.63, 3.8) is 0 Å². The average molecular weight is 436 g/mol. The molecule has 0 bridgehead atoms. The zero-order valence-electron chi connectivity index (χ0n) is 18.2. The van der Waals surface area contributed by atoms with Gasteiger partial charge in [-0.15, -0.1) is 0 Å². The number of benzene rings is 2. The van der Waals surface area contributed by atoms with Gasteiger partial charge in [0.25, 0.3) is 5.91 Å². The van der Waals surface area contributed by atoms with Gasteiger partial charge in [0.1, 0.15) is 5.76 Å². The largest absolute Gasteiger partial charge is 0.455 e. The fourth-order valence-corrected chi connectivity index (χ4v) is 4.31. The van der Waals surface area contributed by atoms with E-state index in [1.165, 1.54) is 4.90 Å². The highest BCUT2D eigenvalue weighted by Crippen LogP contribution is 2.39. The van der Waals surface area contributed by atoms with Crippen LogP contribution in [0.1, 0.15) is 47.7 Å². The molecule has 5 nitrogen and oxygen atoms in total. The van der Waals surface area contributed by atoms with E-state index in [9.17, 15) is 4.79 Å². The predicted octanol–water partition coefficient (Wildman–Crippen LogP) is 6.31. The van der Waals surface area contributed by atoms with Gasteiger partial charge < -0.3 is 9.32 Å². The SMILES string of the molecule is Cc1c(C(=O)N(C)c2ccccc2Cl)oc2c1/C(=N\Nc1ccccc1)CC(C)(C)C2. The smallest absolute Gasteiger partial charge is 0.294 e. The van der Waals surface area contributed by atoms with Gasteiger partial charge in [0.05, 0.1) is 22.1 Å². The number of halogens is 1. The van der Waals surface area contributed by atoms with Gasteiger partial charge in [0, 0.05) is 24.6 Å².